The average molecular weight is 397 g/mol. The van der Waals surface area contributed by atoms with E-state index < -0.39 is 0 Å². The summed E-state index contributed by atoms with van der Waals surface area (Å²) in [7, 11) is 1.81. The van der Waals surface area contributed by atoms with Crippen LogP contribution < -0.4 is 0 Å². The Balaban J connectivity index is 1.80. The van der Waals surface area contributed by atoms with E-state index in [0.717, 1.165) is 29.4 Å². The molecule has 29 heavy (non-hydrogen) atoms. The van der Waals surface area contributed by atoms with Gasteiger partial charge in [0.15, 0.2) is 5.82 Å². The van der Waals surface area contributed by atoms with E-state index in [1.165, 1.54) is 0 Å². The predicted octanol–water partition coefficient (Wildman–Crippen LogP) is 4.30. The van der Waals surface area contributed by atoms with E-state index in [0.29, 0.717) is 42.3 Å². The van der Waals surface area contributed by atoms with Gasteiger partial charge in [0.2, 0.25) is 5.91 Å². The molecule has 0 saturated heterocycles. The van der Waals surface area contributed by atoms with Crippen molar-refractivity contribution in [1.29, 1.82) is 0 Å². The minimum atomic E-state index is -0.353. The monoisotopic (exact) mass is 397 g/mol. The number of rotatable bonds is 4. The summed E-state index contributed by atoms with van der Waals surface area (Å²) < 4.78 is 15.6. The second-order valence-corrected chi connectivity index (χ2v) is 8.56. The van der Waals surface area contributed by atoms with Crippen LogP contribution in [0, 0.1) is 5.82 Å². The van der Waals surface area contributed by atoms with Crippen molar-refractivity contribution in [3.63, 3.8) is 0 Å². The molecule has 154 valence electrons. The number of nitrogens with one attached hydrogen (secondary N) is 1. The molecule has 5 nitrogen and oxygen atoms in total. The molecule has 1 aliphatic heterocycles. The lowest BCUT2D eigenvalue weighted by atomic mass is 9.92. The van der Waals surface area contributed by atoms with Gasteiger partial charge in [-0.05, 0) is 48.4 Å². The zero-order chi connectivity index (χ0) is 20.9. The van der Waals surface area contributed by atoms with Gasteiger partial charge in [0.05, 0.1) is 5.52 Å². The smallest absolute Gasteiger partial charge is 0.270 e. The Labute approximate surface area is 170 Å². The van der Waals surface area contributed by atoms with Crippen LogP contribution in [0.3, 0.4) is 0 Å². The molecule has 0 bridgehead atoms. The maximum Gasteiger partial charge on any atom is 0.270 e. The first-order valence-corrected chi connectivity index (χ1v) is 10.3. The first-order chi connectivity index (χ1) is 13.8. The number of carbonyl (C=O) groups is 2. The minimum absolute atomic E-state index is 0.00274. The molecule has 1 fully saturated rings. The molecule has 2 aliphatic rings. The number of hydrogen-bond donors (Lipinski definition) is 1. The molecule has 2 aromatic rings. The predicted molar refractivity (Wildman–Crippen MR) is 112 cm³/mol. The summed E-state index contributed by atoms with van der Waals surface area (Å²) in [5.41, 5.74) is 3.14. The van der Waals surface area contributed by atoms with E-state index in [9.17, 15) is 9.59 Å². The van der Waals surface area contributed by atoms with E-state index in [4.69, 9.17) is 0 Å². The number of nitrogens with zero attached hydrogens (tertiary/aromatic N) is 2. The summed E-state index contributed by atoms with van der Waals surface area (Å²) in [6.45, 7) is 6.75. The molecule has 1 aromatic carbocycles. The topological polar surface area (TPSA) is 56.4 Å². The van der Waals surface area contributed by atoms with Gasteiger partial charge in [0, 0.05) is 44.1 Å². The zero-order valence-electron chi connectivity index (χ0n) is 17.5. The zero-order valence-corrected chi connectivity index (χ0v) is 17.5. The first kappa shape index (κ1) is 19.7. The molecule has 4 rings (SSSR count). The number of aromatic amines is 1. The maximum atomic E-state index is 15.6. The highest BCUT2D eigenvalue weighted by molar-refractivity contribution is 6.00. The highest BCUT2D eigenvalue weighted by atomic mass is 19.1. The van der Waals surface area contributed by atoms with Gasteiger partial charge in [-0.3, -0.25) is 9.59 Å². The number of fused-ring (bicyclic) bond motifs is 1. The molecule has 1 aromatic heterocycles. The van der Waals surface area contributed by atoms with Crippen molar-refractivity contribution < 1.29 is 14.0 Å². The van der Waals surface area contributed by atoms with Gasteiger partial charge < -0.3 is 14.8 Å². The lowest BCUT2D eigenvalue weighted by Gasteiger charge is -2.27. The number of aromatic nitrogens is 1. The van der Waals surface area contributed by atoms with Gasteiger partial charge in [-0.25, -0.2) is 4.39 Å². The number of amides is 2. The fourth-order valence-corrected chi connectivity index (χ4v) is 4.14. The molecular formula is C23H28FN3O2. The van der Waals surface area contributed by atoms with E-state index in [1.807, 2.05) is 12.1 Å². The van der Waals surface area contributed by atoms with Crippen molar-refractivity contribution >= 4 is 28.3 Å². The third-order valence-electron chi connectivity index (χ3n) is 6.09. The average Bonchev–Trinajstić information content (AvgIpc) is 3.45. The third kappa shape index (κ3) is 3.56. The minimum Gasteiger partial charge on any atom is -0.348 e. The Bertz CT molecular complexity index is 1020. The molecule has 1 N–H and O–H groups in total. The fourth-order valence-electron chi connectivity index (χ4n) is 4.14. The highest BCUT2D eigenvalue weighted by Crippen LogP contribution is 2.35. The van der Waals surface area contributed by atoms with E-state index in [-0.39, 0.29) is 23.5 Å². The summed E-state index contributed by atoms with van der Waals surface area (Å²) in [6, 6.07) is 3.98. The van der Waals surface area contributed by atoms with Crippen LogP contribution >= 0.6 is 0 Å². The van der Waals surface area contributed by atoms with Crippen LogP contribution in [-0.2, 0) is 4.79 Å². The SMILES string of the molecule is CC(=O)N1CCC=C(c2cc(C(C)C)c3cc(C(=O)N(C)C4CC4)[nH]c3c2F)C1. The normalized spacial score (nSPS) is 17.0. The third-order valence-corrected chi connectivity index (χ3v) is 6.09. The number of H-pyrrole nitrogens is 1. The lowest BCUT2D eigenvalue weighted by molar-refractivity contribution is -0.128. The standard InChI is InChI=1S/C23H28FN3O2/c1-13(2)17-10-18(15-6-5-9-27(12-15)14(3)28)21(24)22-19(17)11-20(25-22)23(29)26(4)16-7-8-16/h6,10-11,13,16,25H,5,7-9,12H2,1-4H3. The van der Waals surface area contributed by atoms with Crippen LogP contribution in [0.1, 0.15) is 67.6 Å². The molecule has 2 amide bonds. The summed E-state index contributed by atoms with van der Waals surface area (Å²) >= 11 is 0. The van der Waals surface area contributed by atoms with Gasteiger partial charge in [-0.15, -0.1) is 0 Å². The summed E-state index contributed by atoms with van der Waals surface area (Å²) in [6.07, 6.45) is 4.78. The number of benzene rings is 1. The number of carbonyl (C=O) groups excluding carboxylic acids is 2. The van der Waals surface area contributed by atoms with E-state index in [1.54, 1.807) is 29.8 Å². The molecule has 6 heteroatoms. The largest absolute Gasteiger partial charge is 0.348 e. The quantitative estimate of drug-likeness (QED) is 0.836. The Morgan fingerprint density at radius 2 is 2.00 bits per heavy atom. The van der Waals surface area contributed by atoms with Crippen molar-refractivity contribution in [2.45, 2.75) is 52.0 Å². The first-order valence-electron chi connectivity index (χ1n) is 10.3. The molecule has 1 saturated carbocycles. The van der Waals surface area contributed by atoms with Crippen LogP contribution in [0.5, 0.6) is 0 Å². The van der Waals surface area contributed by atoms with Crippen molar-refractivity contribution in [3.05, 3.63) is 40.8 Å². The summed E-state index contributed by atoms with van der Waals surface area (Å²) in [5.74, 6) is -0.282. The molecule has 0 radical (unpaired) electrons. The van der Waals surface area contributed by atoms with Gasteiger partial charge in [-0.1, -0.05) is 19.9 Å². The molecule has 2 heterocycles. The van der Waals surface area contributed by atoms with Crippen molar-refractivity contribution in [1.82, 2.24) is 14.8 Å². The second-order valence-electron chi connectivity index (χ2n) is 8.56. The Kier molecular flexibility index (Phi) is 4.97. The number of hydrogen-bond acceptors (Lipinski definition) is 2. The van der Waals surface area contributed by atoms with Crippen LogP contribution in [0.4, 0.5) is 4.39 Å². The van der Waals surface area contributed by atoms with Crippen molar-refractivity contribution in [2.24, 2.45) is 0 Å². The van der Waals surface area contributed by atoms with Crippen LogP contribution in [0.25, 0.3) is 16.5 Å². The fraction of sp³-hybridized carbons (Fsp3) is 0.478. The van der Waals surface area contributed by atoms with Crippen LogP contribution in [0.2, 0.25) is 0 Å². The summed E-state index contributed by atoms with van der Waals surface area (Å²) in [4.78, 5) is 31.2. The Morgan fingerprint density at radius 1 is 1.28 bits per heavy atom. The van der Waals surface area contributed by atoms with Crippen molar-refractivity contribution in [3.8, 4) is 0 Å². The molecule has 0 atom stereocenters. The molecule has 1 aliphatic carbocycles. The summed E-state index contributed by atoms with van der Waals surface area (Å²) in [5, 5.41) is 0.758. The second kappa shape index (κ2) is 7.32. The number of halogens is 1. The maximum absolute atomic E-state index is 15.6. The molecular weight excluding hydrogens is 369 g/mol. The lowest BCUT2D eigenvalue weighted by Crippen LogP contribution is -2.33. The molecule has 0 unspecified atom stereocenters. The van der Waals surface area contributed by atoms with Crippen LogP contribution in [0.15, 0.2) is 18.2 Å². The molecule has 0 spiro atoms. The van der Waals surface area contributed by atoms with Gasteiger partial charge >= 0.3 is 0 Å². The Hall–Kier alpha value is -2.63. The van der Waals surface area contributed by atoms with E-state index >= 15 is 4.39 Å². The highest BCUT2D eigenvalue weighted by Gasteiger charge is 2.31. The van der Waals surface area contributed by atoms with Gasteiger partial charge in [0.25, 0.3) is 5.91 Å². The van der Waals surface area contributed by atoms with E-state index in [2.05, 4.69) is 18.8 Å². The Morgan fingerprint density at radius 3 is 2.62 bits per heavy atom. The van der Waals surface area contributed by atoms with Gasteiger partial charge in [-0.2, -0.15) is 0 Å². The van der Waals surface area contributed by atoms with Crippen molar-refractivity contribution in [2.75, 3.05) is 20.1 Å². The van der Waals surface area contributed by atoms with Gasteiger partial charge in [0.1, 0.15) is 5.69 Å². The van der Waals surface area contributed by atoms with Crippen LogP contribution in [-0.4, -0.2) is 52.8 Å².